The fourth-order valence-electron chi connectivity index (χ4n) is 2.04. The summed E-state index contributed by atoms with van der Waals surface area (Å²) in [6.07, 6.45) is 1.80. The molecule has 5 heteroatoms. The zero-order valence-electron chi connectivity index (χ0n) is 11.8. The molecule has 0 spiro atoms. The third-order valence-corrected chi connectivity index (χ3v) is 4.80. The van der Waals surface area contributed by atoms with Gasteiger partial charge in [-0.25, -0.2) is 9.37 Å². The monoisotopic (exact) mass is 384 g/mol. The van der Waals surface area contributed by atoms with Crippen LogP contribution in [0, 0.1) is 17.1 Å². The number of nitriles is 1. The topological polar surface area (TPSA) is 36.7 Å². The summed E-state index contributed by atoms with van der Waals surface area (Å²) in [5, 5.41) is 11.9. The molecule has 0 aliphatic heterocycles. The highest BCUT2D eigenvalue weighted by atomic mass is 79.9. The summed E-state index contributed by atoms with van der Waals surface area (Å²) >= 11 is 4.86. The van der Waals surface area contributed by atoms with Gasteiger partial charge in [0.25, 0.3) is 0 Å². The first-order valence-electron chi connectivity index (χ1n) is 6.75. The second kappa shape index (κ2) is 6.86. The number of rotatable bonds is 3. The van der Waals surface area contributed by atoms with Gasteiger partial charge in [0, 0.05) is 15.4 Å². The van der Waals surface area contributed by atoms with E-state index in [9.17, 15) is 9.65 Å². The molecule has 112 valence electrons. The number of thiazole rings is 1. The Morgan fingerprint density at radius 1 is 1.17 bits per heavy atom. The van der Waals surface area contributed by atoms with E-state index >= 15 is 0 Å². The molecule has 0 bridgehead atoms. The largest absolute Gasteiger partial charge is 0.235 e. The zero-order valence-corrected chi connectivity index (χ0v) is 14.2. The number of allylic oxidation sites excluding steroid dienone is 1. The Morgan fingerprint density at radius 2 is 1.91 bits per heavy atom. The van der Waals surface area contributed by atoms with Gasteiger partial charge in [-0.2, -0.15) is 5.26 Å². The van der Waals surface area contributed by atoms with Crippen LogP contribution in [0.4, 0.5) is 4.39 Å². The van der Waals surface area contributed by atoms with Gasteiger partial charge in [0.1, 0.15) is 16.9 Å². The predicted molar refractivity (Wildman–Crippen MR) is 95.1 cm³/mol. The van der Waals surface area contributed by atoms with Gasteiger partial charge in [-0.05, 0) is 42.0 Å². The van der Waals surface area contributed by atoms with Crippen LogP contribution < -0.4 is 0 Å². The normalized spacial score (nSPS) is 11.3. The van der Waals surface area contributed by atoms with Crippen molar-refractivity contribution in [2.75, 3.05) is 0 Å². The molecule has 0 unspecified atom stereocenters. The second-order valence-electron chi connectivity index (χ2n) is 4.74. The van der Waals surface area contributed by atoms with E-state index in [1.54, 1.807) is 18.2 Å². The van der Waals surface area contributed by atoms with Crippen LogP contribution in [-0.4, -0.2) is 4.98 Å². The standard InChI is InChI=1S/C18H10BrFN2S/c19-16-4-2-1-3-13(16)9-14(10-21)18-22-17(11-23-18)12-5-7-15(20)8-6-12/h1-9,11H/b14-9-. The molecule has 23 heavy (non-hydrogen) atoms. The minimum atomic E-state index is -0.282. The van der Waals surface area contributed by atoms with Gasteiger partial charge in [-0.1, -0.05) is 34.1 Å². The van der Waals surface area contributed by atoms with E-state index in [4.69, 9.17) is 0 Å². The smallest absolute Gasteiger partial charge is 0.134 e. The lowest BCUT2D eigenvalue weighted by Crippen LogP contribution is -1.84. The first-order chi connectivity index (χ1) is 11.2. The molecular formula is C18H10BrFN2S. The average molecular weight is 385 g/mol. The van der Waals surface area contributed by atoms with Crippen LogP contribution in [0.1, 0.15) is 10.6 Å². The Kier molecular flexibility index (Phi) is 4.65. The molecule has 1 aromatic heterocycles. The van der Waals surface area contributed by atoms with Crippen molar-refractivity contribution in [3.8, 4) is 17.3 Å². The van der Waals surface area contributed by atoms with E-state index in [1.165, 1.54) is 23.5 Å². The fourth-order valence-corrected chi connectivity index (χ4v) is 3.23. The van der Waals surface area contributed by atoms with Crippen LogP contribution in [0.25, 0.3) is 22.9 Å². The molecule has 2 aromatic carbocycles. The third-order valence-electron chi connectivity index (χ3n) is 3.20. The van der Waals surface area contributed by atoms with E-state index in [0.717, 1.165) is 21.3 Å². The summed E-state index contributed by atoms with van der Waals surface area (Å²) in [7, 11) is 0. The van der Waals surface area contributed by atoms with Gasteiger partial charge in [0.05, 0.1) is 11.3 Å². The van der Waals surface area contributed by atoms with E-state index in [-0.39, 0.29) is 5.82 Å². The molecule has 1 heterocycles. The van der Waals surface area contributed by atoms with Crippen molar-refractivity contribution in [2.45, 2.75) is 0 Å². The molecule has 3 rings (SSSR count). The van der Waals surface area contributed by atoms with Crippen LogP contribution in [0.3, 0.4) is 0 Å². The van der Waals surface area contributed by atoms with E-state index in [0.29, 0.717) is 10.6 Å². The molecule has 2 nitrogen and oxygen atoms in total. The quantitative estimate of drug-likeness (QED) is 0.536. The molecule has 0 atom stereocenters. The van der Waals surface area contributed by atoms with Gasteiger partial charge in [0.2, 0.25) is 0 Å². The van der Waals surface area contributed by atoms with Gasteiger partial charge in [-0.15, -0.1) is 11.3 Å². The van der Waals surface area contributed by atoms with E-state index < -0.39 is 0 Å². The van der Waals surface area contributed by atoms with Crippen molar-refractivity contribution in [1.29, 1.82) is 5.26 Å². The minimum absolute atomic E-state index is 0.282. The predicted octanol–water partition coefficient (Wildman–Crippen LogP) is 5.78. The van der Waals surface area contributed by atoms with Crippen molar-refractivity contribution in [3.63, 3.8) is 0 Å². The first-order valence-corrected chi connectivity index (χ1v) is 8.43. The van der Waals surface area contributed by atoms with Crippen LogP contribution in [0.2, 0.25) is 0 Å². The number of hydrogen-bond donors (Lipinski definition) is 0. The highest BCUT2D eigenvalue weighted by molar-refractivity contribution is 9.10. The van der Waals surface area contributed by atoms with Gasteiger partial charge in [0.15, 0.2) is 0 Å². The molecule has 0 aliphatic carbocycles. The first kappa shape index (κ1) is 15.6. The van der Waals surface area contributed by atoms with Gasteiger partial charge < -0.3 is 0 Å². The van der Waals surface area contributed by atoms with Crippen LogP contribution in [-0.2, 0) is 0 Å². The van der Waals surface area contributed by atoms with Crippen LogP contribution in [0.15, 0.2) is 58.4 Å². The lowest BCUT2D eigenvalue weighted by atomic mass is 10.1. The molecule has 0 amide bonds. The Labute approximate surface area is 145 Å². The Morgan fingerprint density at radius 3 is 2.61 bits per heavy atom. The molecule has 3 aromatic rings. The molecule has 0 saturated carbocycles. The van der Waals surface area contributed by atoms with E-state index in [1.807, 2.05) is 29.6 Å². The van der Waals surface area contributed by atoms with Crippen molar-refractivity contribution in [2.24, 2.45) is 0 Å². The maximum absolute atomic E-state index is 13.0. The summed E-state index contributed by atoms with van der Waals surface area (Å²) in [6, 6.07) is 16.0. The number of halogens is 2. The van der Waals surface area contributed by atoms with Gasteiger partial charge >= 0.3 is 0 Å². The summed E-state index contributed by atoms with van der Waals surface area (Å²) < 4.78 is 13.9. The maximum atomic E-state index is 13.0. The third kappa shape index (κ3) is 3.55. The number of aromatic nitrogens is 1. The SMILES string of the molecule is N#C/C(=C/c1ccccc1Br)c1nc(-c2ccc(F)cc2)cs1. The molecular weight excluding hydrogens is 375 g/mol. The van der Waals surface area contributed by atoms with Crippen molar-refractivity contribution >= 4 is 38.9 Å². The van der Waals surface area contributed by atoms with Crippen molar-refractivity contribution in [3.05, 3.63) is 74.8 Å². The highest BCUT2D eigenvalue weighted by Gasteiger charge is 2.10. The van der Waals surface area contributed by atoms with E-state index in [2.05, 4.69) is 27.0 Å². The Balaban J connectivity index is 1.96. The molecule has 0 aliphatic rings. The van der Waals surface area contributed by atoms with Crippen molar-refractivity contribution in [1.82, 2.24) is 4.98 Å². The average Bonchev–Trinajstić information content (AvgIpc) is 3.04. The lowest BCUT2D eigenvalue weighted by Gasteiger charge is -1.99. The van der Waals surface area contributed by atoms with Crippen LogP contribution in [0.5, 0.6) is 0 Å². The highest BCUT2D eigenvalue weighted by Crippen LogP contribution is 2.28. The van der Waals surface area contributed by atoms with Gasteiger partial charge in [-0.3, -0.25) is 0 Å². The summed E-state index contributed by atoms with van der Waals surface area (Å²) in [5.74, 6) is -0.282. The summed E-state index contributed by atoms with van der Waals surface area (Å²) in [5.41, 5.74) is 2.98. The molecule has 0 saturated heterocycles. The minimum Gasteiger partial charge on any atom is -0.235 e. The second-order valence-corrected chi connectivity index (χ2v) is 6.45. The molecule has 0 radical (unpaired) electrons. The summed E-state index contributed by atoms with van der Waals surface area (Å²) in [4.78, 5) is 4.50. The fraction of sp³-hybridized carbons (Fsp3) is 0. The maximum Gasteiger partial charge on any atom is 0.134 e. The zero-order chi connectivity index (χ0) is 16.2. The number of nitrogens with zero attached hydrogens (tertiary/aromatic N) is 2. The lowest BCUT2D eigenvalue weighted by molar-refractivity contribution is 0.628. The number of hydrogen-bond acceptors (Lipinski definition) is 3. The van der Waals surface area contributed by atoms with Crippen molar-refractivity contribution < 1.29 is 4.39 Å². The molecule has 0 N–H and O–H groups in total. The summed E-state index contributed by atoms with van der Waals surface area (Å²) in [6.45, 7) is 0. The Bertz CT molecular complexity index is 907. The van der Waals surface area contributed by atoms with Crippen LogP contribution >= 0.6 is 27.3 Å². The number of benzene rings is 2. The Hall–Kier alpha value is -2.29. The molecule has 0 fully saturated rings.